The van der Waals surface area contributed by atoms with Gasteiger partial charge in [-0.05, 0) is 30.9 Å². The lowest BCUT2D eigenvalue weighted by Gasteiger charge is -2.14. The molecule has 132 valence electrons. The molecule has 0 radical (unpaired) electrons. The topological polar surface area (TPSA) is 73.2 Å². The highest BCUT2D eigenvalue weighted by molar-refractivity contribution is 6.32. The number of benzene rings is 1. The van der Waals surface area contributed by atoms with Gasteiger partial charge in [-0.25, -0.2) is 4.79 Å². The molecule has 0 amide bonds. The molecule has 0 spiro atoms. The van der Waals surface area contributed by atoms with Gasteiger partial charge in [-0.1, -0.05) is 36.6 Å². The molecule has 0 bridgehead atoms. The number of rotatable bonds is 5. The maximum atomic E-state index is 12.6. The fraction of sp³-hybridized carbons (Fsp3) is 0.389. The average molecular weight is 362 g/mol. The first-order chi connectivity index (χ1) is 12.1. The molecule has 1 aliphatic rings. The molecule has 1 heterocycles. The third kappa shape index (κ3) is 3.69. The minimum Gasteiger partial charge on any atom is -0.465 e. The van der Waals surface area contributed by atoms with E-state index in [-0.39, 0.29) is 10.6 Å². The van der Waals surface area contributed by atoms with E-state index in [2.05, 4.69) is 10.4 Å². The highest BCUT2D eigenvalue weighted by Crippen LogP contribution is 2.26. The molecule has 1 N–H and O–H groups in total. The molecule has 1 aliphatic carbocycles. The van der Waals surface area contributed by atoms with Crippen molar-refractivity contribution >= 4 is 23.3 Å². The van der Waals surface area contributed by atoms with E-state index in [1.54, 1.807) is 24.3 Å². The molecule has 25 heavy (non-hydrogen) atoms. The van der Waals surface area contributed by atoms with Gasteiger partial charge in [-0.3, -0.25) is 4.79 Å². The number of para-hydroxylation sites is 1. The van der Waals surface area contributed by atoms with Gasteiger partial charge in [-0.15, -0.1) is 0 Å². The smallest absolute Gasteiger partial charge is 0.340 e. The fourth-order valence-electron chi connectivity index (χ4n) is 3.14. The molecule has 3 rings (SSSR count). The van der Waals surface area contributed by atoms with Gasteiger partial charge in [0, 0.05) is 6.54 Å². The van der Waals surface area contributed by atoms with Crippen LogP contribution in [0.4, 0.5) is 5.69 Å². The molecule has 0 saturated heterocycles. The Kier molecular flexibility index (Phi) is 5.38. The Balaban J connectivity index is 1.90. The first-order valence-corrected chi connectivity index (χ1v) is 8.69. The zero-order valence-electron chi connectivity index (χ0n) is 14.0. The fourth-order valence-corrected chi connectivity index (χ4v) is 3.33. The maximum absolute atomic E-state index is 12.6. The SMILES string of the molecule is COC(=O)c1ccccc1-n1ncc(NCC2CCCC2)c(Cl)c1=O. The highest BCUT2D eigenvalue weighted by Gasteiger charge is 2.19. The maximum Gasteiger partial charge on any atom is 0.340 e. The Bertz CT molecular complexity index is 829. The second-order valence-electron chi connectivity index (χ2n) is 6.13. The van der Waals surface area contributed by atoms with E-state index >= 15 is 0 Å². The van der Waals surface area contributed by atoms with Crippen LogP contribution in [0.1, 0.15) is 36.0 Å². The van der Waals surface area contributed by atoms with E-state index in [4.69, 9.17) is 16.3 Å². The number of carbonyl (C=O) groups excluding carboxylic acids is 1. The monoisotopic (exact) mass is 361 g/mol. The van der Waals surface area contributed by atoms with Crippen LogP contribution in [0, 0.1) is 5.92 Å². The number of aromatic nitrogens is 2. The predicted molar refractivity (Wildman–Crippen MR) is 96.6 cm³/mol. The van der Waals surface area contributed by atoms with Crippen molar-refractivity contribution in [3.05, 3.63) is 51.4 Å². The van der Waals surface area contributed by atoms with Crippen LogP contribution in [-0.2, 0) is 4.74 Å². The second-order valence-corrected chi connectivity index (χ2v) is 6.51. The summed E-state index contributed by atoms with van der Waals surface area (Å²) in [5.74, 6) is 0.0717. The first kappa shape index (κ1) is 17.5. The Hall–Kier alpha value is -2.34. The summed E-state index contributed by atoms with van der Waals surface area (Å²) in [5.41, 5.74) is 0.630. The van der Waals surface area contributed by atoms with Crippen LogP contribution >= 0.6 is 11.6 Å². The number of nitrogens with zero attached hydrogens (tertiary/aromatic N) is 2. The lowest BCUT2D eigenvalue weighted by molar-refractivity contribution is 0.0600. The Morgan fingerprint density at radius 3 is 2.80 bits per heavy atom. The Morgan fingerprint density at radius 1 is 1.36 bits per heavy atom. The van der Waals surface area contributed by atoms with E-state index < -0.39 is 11.5 Å². The van der Waals surface area contributed by atoms with Crippen LogP contribution in [0.15, 0.2) is 35.3 Å². The van der Waals surface area contributed by atoms with Crippen LogP contribution in [-0.4, -0.2) is 29.4 Å². The van der Waals surface area contributed by atoms with E-state index in [0.29, 0.717) is 17.3 Å². The van der Waals surface area contributed by atoms with Crippen molar-refractivity contribution in [1.82, 2.24) is 9.78 Å². The minimum atomic E-state index is -0.538. The molecule has 0 atom stereocenters. The van der Waals surface area contributed by atoms with Gasteiger partial charge in [0.25, 0.3) is 5.56 Å². The van der Waals surface area contributed by atoms with Gasteiger partial charge in [-0.2, -0.15) is 9.78 Å². The van der Waals surface area contributed by atoms with Gasteiger partial charge < -0.3 is 10.1 Å². The summed E-state index contributed by atoms with van der Waals surface area (Å²) in [6, 6.07) is 6.62. The van der Waals surface area contributed by atoms with E-state index in [1.807, 2.05) is 0 Å². The molecule has 0 aliphatic heterocycles. The minimum absolute atomic E-state index is 0.0627. The first-order valence-electron chi connectivity index (χ1n) is 8.31. The number of ether oxygens (including phenoxy) is 1. The number of anilines is 1. The number of hydrogen-bond donors (Lipinski definition) is 1. The zero-order valence-corrected chi connectivity index (χ0v) is 14.8. The number of esters is 1. The quantitative estimate of drug-likeness (QED) is 0.827. The number of methoxy groups -OCH3 is 1. The number of hydrogen-bond acceptors (Lipinski definition) is 5. The van der Waals surface area contributed by atoms with Gasteiger partial charge in [0.1, 0.15) is 5.02 Å². The number of carbonyl (C=O) groups is 1. The molecule has 1 aromatic carbocycles. The molecule has 6 nitrogen and oxygen atoms in total. The van der Waals surface area contributed by atoms with Crippen LogP contribution in [0.25, 0.3) is 5.69 Å². The van der Waals surface area contributed by atoms with E-state index in [0.717, 1.165) is 11.2 Å². The third-order valence-electron chi connectivity index (χ3n) is 4.51. The molecular formula is C18H20ClN3O3. The van der Waals surface area contributed by atoms with Gasteiger partial charge >= 0.3 is 5.97 Å². The largest absolute Gasteiger partial charge is 0.465 e. The second kappa shape index (κ2) is 7.70. The normalized spacial score (nSPS) is 14.5. The predicted octanol–water partition coefficient (Wildman–Crippen LogP) is 3.27. The summed E-state index contributed by atoms with van der Waals surface area (Å²) >= 11 is 6.25. The molecule has 2 aromatic rings. The van der Waals surface area contributed by atoms with Crippen LogP contribution in [0.5, 0.6) is 0 Å². The lowest BCUT2D eigenvalue weighted by Crippen LogP contribution is -2.25. The molecule has 0 unspecified atom stereocenters. The number of halogens is 1. The lowest BCUT2D eigenvalue weighted by atomic mass is 10.1. The van der Waals surface area contributed by atoms with Crippen molar-refractivity contribution < 1.29 is 9.53 Å². The molecule has 1 aromatic heterocycles. The zero-order chi connectivity index (χ0) is 17.8. The molecular weight excluding hydrogens is 342 g/mol. The summed E-state index contributed by atoms with van der Waals surface area (Å²) in [5, 5.41) is 7.47. The van der Waals surface area contributed by atoms with Crippen molar-refractivity contribution in [2.24, 2.45) is 5.92 Å². The third-order valence-corrected chi connectivity index (χ3v) is 4.88. The standard InChI is InChI=1S/C18H20ClN3O3/c1-25-18(24)13-8-4-5-9-15(13)22-17(23)16(19)14(11-21-22)20-10-12-6-2-3-7-12/h4-5,8-9,11-12,20H,2-3,6-7,10H2,1H3. The Labute approximate surface area is 150 Å². The summed E-state index contributed by atoms with van der Waals surface area (Å²) < 4.78 is 5.88. The average Bonchev–Trinajstić information content (AvgIpc) is 3.16. The summed E-state index contributed by atoms with van der Waals surface area (Å²) in [7, 11) is 1.29. The van der Waals surface area contributed by atoms with Gasteiger partial charge in [0.2, 0.25) is 0 Å². The van der Waals surface area contributed by atoms with Crippen LogP contribution in [0.3, 0.4) is 0 Å². The molecule has 1 saturated carbocycles. The van der Waals surface area contributed by atoms with Crippen LogP contribution in [0.2, 0.25) is 5.02 Å². The van der Waals surface area contributed by atoms with Crippen LogP contribution < -0.4 is 10.9 Å². The molecule has 1 fully saturated rings. The number of nitrogens with one attached hydrogen (secondary N) is 1. The van der Waals surface area contributed by atoms with Gasteiger partial charge in [0.15, 0.2) is 0 Å². The summed E-state index contributed by atoms with van der Waals surface area (Å²) in [6.45, 7) is 0.781. The summed E-state index contributed by atoms with van der Waals surface area (Å²) in [4.78, 5) is 24.5. The van der Waals surface area contributed by atoms with Crippen molar-refractivity contribution in [2.45, 2.75) is 25.7 Å². The summed E-state index contributed by atoms with van der Waals surface area (Å²) in [6.07, 6.45) is 6.42. The molecule has 7 heteroatoms. The highest BCUT2D eigenvalue weighted by atomic mass is 35.5. The van der Waals surface area contributed by atoms with Crippen molar-refractivity contribution in [3.8, 4) is 5.69 Å². The van der Waals surface area contributed by atoms with E-state index in [9.17, 15) is 9.59 Å². The van der Waals surface area contributed by atoms with Crippen molar-refractivity contribution in [2.75, 3.05) is 19.0 Å². The van der Waals surface area contributed by atoms with Crippen molar-refractivity contribution in [1.29, 1.82) is 0 Å². The Morgan fingerprint density at radius 2 is 2.08 bits per heavy atom. The van der Waals surface area contributed by atoms with Crippen molar-refractivity contribution in [3.63, 3.8) is 0 Å². The van der Waals surface area contributed by atoms with Gasteiger partial charge in [0.05, 0.1) is 30.2 Å². The van der Waals surface area contributed by atoms with E-state index in [1.165, 1.54) is 39.0 Å².